The van der Waals surface area contributed by atoms with Gasteiger partial charge in [-0.25, -0.2) is 8.42 Å². The first-order chi connectivity index (χ1) is 12.0. The van der Waals surface area contributed by atoms with E-state index in [1.807, 2.05) is 6.07 Å². The summed E-state index contributed by atoms with van der Waals surface area (Å²) in [6, 6.07) is 3.57. The van der Waals surface area contributed by atoms with Crippen molar-refractivity contribution in [2.45, 2.75) is 34.9 Å². The van der Waals surface area contributed by atoms with E-state index in [-0.39, 0.29) is 10.0 Å². The van der Waals surface area contributed by atoms with Crippen LogP contribution in [-0.4, -0.2) is 31.5 Å². The third kappa shape index (κ3) is 4.16. The summed E-state index contributed by atoms with van der Waals surface area (Å²) in [6.07, 6.45) is 5.81. The Hall–Kier alpha value is -1.58. The number of sulfonamides is 1. The molecule has 0 fully saturated rings. The van der Waals surface area contributed by atoms with Gasteiger partial charge in [0, 0.05) is 5.75 Å². The van der Waals surface area contributed by atoms with Gasteiger partial charge >= 0.3 is 0 Å². The second kappa shape index (κ2) is 7.76. The van der Waals surface area contributed by atoms with Crippen LogP contribution in [0, 0.1) is 0 Å². The topological polar surface area (TPSA) is 81.2 Å². The number of nitrogens with one attached hydrogen (secondary N) is 1. The molecule has 9 heteroatoms. The third-order valence-electron chi connectivity index (χ3n) is 3.87. The van der Waals surface area contributed by atoms with Gasteiger partial charge in [-0.1, -0.05) is 29.2 Å². The van der Waals surface area contributed by atoms with E-state index in [0.29, 0.717) is 15.8 Å². The van der Waals surface area contributed by atoms with Gasteiger partial charge in [-0.15, -0.1) is 16.8 Å². The molecule has 1 aromatic carbocycles. The van der Waals surface area contributed by atoms with Crippen molar-refractivity contribution in [2.24, 2.45) is 0 Å². The molecule has 0 atom stereocenters. The van der Waals surface area contributed by atoms with E-state index >= 15 is 0 Å². The summed E-state index contributed by atoms with van der Waals surface area (Å²) >= 11 is 2.66. The highest BCUT2D eigenvalue weighted by Gasteiger charge is 2.24. The fraction of sp³-hybridized carbons (Fsp3) is 0.375. The summed E-state index contributed by atoms with van der Waals surface area (Å²) < 4.78 is 34.2. The van der Waals surface area contributed by atoms with E-state index in [1.54, 1.807) is 12.1 Å². The lowest BCUT2D eigenvalue weighted by atomic mass is 9.92. The molecule has 1 heterocycles. The number of thioether (sulfide) groups is 1. The van der Waals surface area contributed by atoms with Crippen LogP contribution in [0.4, 0.5) is 5.13 Å². The van der Waals surface area contributed by atoms with Gasteiger partial charge in [-0.2, -0.15) is 0 Å². The van der Waals surface area contributed by atoms with Crippen LogP contribution in [-0.2, 0) is 22.9 Å². The first-order valence-electron chi connectivity index (χ1n) is 7.83. The van der Waals surface area contributed by atoms with E-state index < -0.39 is 10.0 Å². The van der Waals surface area contributed by atoms with Gasteiger partial charge in [-0.3, -0.25) is 4.72 Å². The fourth-order valence-electron chi connectivity index (χ4n) is 2.72. The van der Waals surface area contributed by atoms with E-state index in [1.165, 1.54) is 35.8 Å². The van der Waals surface area contributed by atoms with E-state index in [9.17, 15) is 8.42 Å². The van der Waals surface area contributed by atoms with Crippen LogP contribution in [0.5, 0.6) is 5.75 Å². The SMILES string of the molecule is C=CCSc1nnc(NS(=O)(=O)c2cc3c(cc2OC)CCCC3)s1. The molecule has 0 radical (unpaired) electrons. The highest BCUT2D eigenvalue weighted by Crippen LogP contribution is 2.34. The predicted molar refractivity (Wildman–Crippen MR) is 101 cm³/mol. The van der Waals surface area contributed by atoms with E-state index in [2.05, 4.69) is 21.5 Å². The molecule has 0 bridgehead atoms. The van der Waals surface area contributed by atoms with Crippen molar-refractivity contribution in [3.63, 3.8) is 0 Å². The van der Waals surface area contributed by atoms with Crippen LogP contribution >= 0.6 is 23.1 Å². The minimum atomic E-state index is -3.79. The molecule has 0 saturated heterocycles. The minimum absolute atomic E-state index is 0.145. The molecular formula is C16H19N3O3S3. The average Bonchev–Trinajstić information content (AvgIpc) is 3.05. The number of fused-ring (bicyclic) bond motifs is 1. The maximum absolute atomic E-state index is 12.8. The van der Waals surface area contributed by atoms with Gasteiger partial charge < -0.3 is 4.74 Å². The number of aryl methyl sites for hydroxylation is 2. The molecule has 0 aliphatic heterocycles. The van der Waals surface area contributed by atoms with Crippen molar-refractivity contribution in [1.82, 2.24) is 10.2 Å². The molecule has 6 nitrogen and oxygen atoms in total. The maximum atomic E-state index is 12.8. The van der Waals surface area contributed by atoms with Crippen LogP contribution in [0.1, 0.15) is 24.0 Å². The lowest BCUT2D eigenvalue weighted by Gasteiger charge is -2.19. The number of hydrogen-bond donors (Lipinski definition) is 1. The average molecular weight is 398 g/mol. The number of rotatable bonds is 7. The Morgan fingerprint density at radius 3 is 2.72 bits per heavy atom. The molecule has 0 unspecified atom stereocenters. The zero-order valence-electron chi connectivity index (χ0n) is 13.8. The number of aromatic nitrogens is 2. The molecule has 0 saturated carbocycles. The van der Waals surface area contributed by atoms with Crippen molar-refractivity contribution < 1.29 is 13.2 Å². The third-order valence-corrected chi connectivity index (χ3v) is 7.33. The quantitative estimate of drug-likeness (QED) is 0.569. The molecule has 2 aromatic rings. The van der Waals surface area contributed by atoms with Crippen LogP contribution in [0.15, 0.2) is 34.0 Å². The van der Waals surface area contributed by atoms with Crippen LogP contribution < -0.4 is 9.46 Å². The smallest absolute Gasteiger partial charge is 0.267 e. The summed E-state index contributed by atoms with van der Waals surface area (Å²) in [5.41, 5.74) is 2.24. The van der Waals surface area contributed by atoms with Crippen LogP contribution in [0.3, 0.4) is 0 Å². The summed E-state index contributed by atoms with van der Waals surface area (Å²) in [6.45, 7) is 3.65. The largest absolute Gasteiger partial charge is 0.495 e. The maximum Gasteiger partial charge on any atom is 0.267 e. The molecule has 1 aliphatic rings. The fourth-order valence-corrected chi connectivity index (χ4v) is 5.66. The minimum Gasteiger partial charge on any atom is -0.495 e. The Labute approximate surface area is 155 Å². The molecule has 3 rings (SSSR count). The van der Waals surface area contributed by atoms with Gasteiger partial charge in [0.25, 0.3) is 10.0 Å². The summed E-state index contributed by atoms with van der Waals surface area (Å²) in [4.78, 5) is 0.145. The van der Waals surface area contributed by atoms with Crippen molar-refractivity contribution in [3.05, 3.63) is 35.9 Å². The van der Waals surface area contributed by atoms with Crippen molar-refractivity contribution in [1.29, 1.82) is 0 Å². The van der Waals surface area contributed by atoms with Crippen LogP contribution in [0.2, 0.25) is 0 Å². The number of anilines is 1. The van der Waals surface area contributed by atoms with Crippen molar-refractivity contribution in [2.75, 3.05) is 17.6 Å². The summed E-state index contributed by atoms with van der Waals surface area (Å²) in [5, 5.41) is 8.12. The number of methoxy groups -OCH3 is 1. The highest BCUT2D eigenvalue weighted by atomic mass is 32.2. The predicted octanol–water partition coefficient (Wildman–Crippen LogP) is 3.50. The molecule has 1 aromatic heterocycles. The van der Waals surface area contributed by atoms with E-state index in [0.717, 1.165) is 31.2 Å². The monoisotopic (exact) mass is 397 g/mol. The molecular weight excluding hydrogens is 378 g/mol. The zero-order chi connectivity index (χ0) is 17.9. The highest BCUT2D eigenvalue weighted by molar-refractivity contribution is 8.01. The molecule has 25 heavy (non-hydrogen) atoms. The molecule has 0 spiro atoms. The van der Waals surface area contributed by atoms with Gasteiger partial charge in [0.15, 0.2) is 4.34 Å². The Morgan fingerprint density at radius 2 is 2.04 bits per heavy atom. The summed E-state index contributed by atoms with van der Waals surface area (Å²) in [7, 11) is -2.31. The molecule has 1 aliphatic carbocycles. The normalized spacial score (nSPS) is 14.0. The molecule has 1 N–H and O–H groups in total. The lowest BCUT2D eigenvalue weighted by molar-refractivity contribution is 0.401. The standard InChI is InChI=1S/C16H19N3O3S3/c1-3-8-23-16-18-17-15(24-16)19-25(20,21)14-10-12-7-5-4-6-11(12)9-13(14)22-2/h3,9-10H,1,4-8H2,2H3,(H,17,19). The number of hydrogen-bond acceptors (Lipinski definition) is 7. The van der Waals surface area contributed by atoms with Gasteiger partial charge in [0.2, 0.25) is 5.13 Å². The van der Waals surface area contributed by atoms with E-state index in [4.69, 9.17) is 4.74 Å². The first kappa shape index (κ1) is 18.2. The zero-order valence-corrected chi connectivity index (χ0v) is 16.3. The number of ether oxygens (including phenoxy) is 1. The van der Waals surface area contributed by atoms with Gasteiger partial charge in [0.05, 0.1) is 7.11 Å². The number of benzene rings is 1. The molecule has 0 amide bonds. The second-order valence-electron chi connectivity index (χ2n) is 5.56. The Kier molecular flexibility index (Phi) is 5.65. The van der Waals surface area contributed by atoms with Crippen LogP contribution in [0.25, 0.3) is 0 Å². The Morgan fingerprint density at radius 1 is 1.32 bits per heavy atom. The second-order valence-corrected chi connectivity index (χ2v) is 9.45. The lowest BCUT2D eigenvalue weighted by Crippen LogP contribution is -2.15. The van der Waals surface area contributed by atoms with Gasteiger partial charge in [-0.05, 0) is 48.9 Å². The van der Waals surface area contributed by atoms with Gasteiger partial charge in [0.1, 0.15) is 10.6 Å². The van der Waals surface area contributed by atoms with Crippen molar-refractivity contribution in [3.8, 4) is 5.75 Å². The summed E-state index contributed by atoms with van der Waals surface area (Å²) in [5.74, 6) is 1.05. The Balaban J connectivity index is 1.88. The van der Waals surface area contributed by atoms with Crippen molar-refractivity contribution >= 4 is 38.3 Å². The number of nitrogens with zero attached hydrogens (tertiary/aromatic N) is 2. The molecule has 134 valence electrons. The Bertz CT molecular complexity index is 878. The first-order valence-corrected chi connectivity index (χ1v) is 11.1.